The first-order valence-corrected chi connectivity index (χ1v) is 18.8. The Hall–Kier alpha value is -4.70. The predicted molar refractivity (Wildman–Crippen MR) is 186 cm³/mol. The third-order valence-corrected chi connectivity index (χ3v) is 12.6. The van der Waals surface area contributed by atoms with E-state index in [4.69, 9.17) is 0 Å². The second kappa shape index (κ2) is 13.2. The SMILES string of the molecule is O=C(O)NC(C(=O)N1CCCC1c1ncc(-c2ccc(-c3ccc(-c4cnc([C@@H]5CCCN5C(=O)[C@@H](NC(=O)O)C5CC5)[nH]4)s3)s2)[nH]1)C1CC1. The fourth-order valence-corrected chi connectivity index (χ4v) is 9.40. The molecule has 0 spiro atoms. The fraction of sp³-hybridized carbons (Fsp3) is 0.471. The third kappa shape index (κ3) is 6.49. The number of rotatable bonds is 11. The van der Waals surface area contributed by atoms with E-state index < -0.39 is 24.3 Å². The highest BCUT2D eigenvalue weighted by Crippen LogP contribution is 2.42. The molecule has 2 saturated carbocycles. The minimum atomic E-state index is -1.17. The van der Waals surface area contributed by atoms with E-state index in [1.807, 2.05) is 0 Å². The zero-order valence-electron chi connectivity index (χ0n) is 27.1. The van der Waals surface area contributed by atoms with Gasteiger partial charge in [0.1, 0.15) is 23.7 Å². The van der Waals surface area contributed by atoms with Gasteiger partial charge in [0.15, 0.2) is 0 Å². The van der Waals surface area contributed by atoms with Crippen molar-refractivity contribution >= 4 is 46.7 Å². The van der Waals surface area contributed by atoms with E-state index in [0.717, 1.165) is 82.3 Å². The van der Waals surface area contributed by atoms with Crippen LogP contribution in [-0.2, 0) is 9.59 Å². The first-order chi connectivity index (χ1) is 24.2. The van der Waals surface area contributed by atoms with Gasteiger partial charge in [-0.25, -0.2) is 19.6 Å². The maximum Gasteiger partial charge on any atom is 0.405 e. The Bertz CT molecular complexity index is 1790. The molecule has 2 aliphatic heterocycles. The zero-order valence-corrected chi connectivity index (χ0v) is 28.8. The summed E-state index contributed by atoms with van der Waals surface area (Å²) in [7, 11) is 0. The number of hydrogen-bond acceptors (Lipinski definition) is 8. The molecule has 4 amide bonds. The minimum absolute atomic E-state index is 0.0623. The van der Waals surface area contributed by atoms with Gasteiger partial charge < -0.3 is 40.6 Å². The van der Waals surface area contributed by atoms with E-state index in [1.165, 1.54) is 0 Å². The van der Waals surface area contributed by atoms with Crippen LogP contribution >= 0.6 is 22.7 Å². The molecular formula is C34H38N8O6S2. The van der Waals surface area contributed by atoms with Crippen molar-refractivity contribution in [2.24, 2.45) is 11.8 Å². The van der Waals surface area contributed by atoms with Gasteiger partial charge in [0.05, 0.1) is 45.6 Å². The van der Waals surface area contributed by atoms with Gasteiger partial charge in [0.25, 0.3) is 0 Å². The average molecular weight is 719 g/mol. The maximum atomic E-state index is 13.4. The topological polar surface area (TPSA) is 197 Å². The van der Waals surface area contributed by atoms with Crippen LogP contribution in [0.2, 0.25) is 0 Å². The lowest BCUT2D eigenvalue weighted by atomic mass is 10.1. The van der Waals surface area contributed by atoms with Crippen molar-refractivity contribution in [1.29, 1.82) is 0 Å². The average Bonchev–Trinajstić information content (AvgIpc) is 3.62. The number of H-pyrrole nitrogens is 2. The predicted octanol–water partition coefficient (Wildman–Crippen LogP) is 5.68. The number of carbonyl (C=O) groups is 4. The van der Waals surface area contributed by atoms with E-state index in [9.17, 15) is 29.4 Å². The Morgan fingerprint density at radius 3 is 1.44 bits per heavy atom. The van der Waals surface area contributed by atoms with Gasteiger partial charge in [-0.15, -0.1) is 22.7 Å². The summed E-state index contributed by atoms with van der Waals surface area (Å²) in [6, 6.07) is 6.43. The molecule has 8 rings (SSSR count). The number of aromatic nitrogens is 4. The summed E-state index contributed by atoms with van der Waals surface area (Å²) in [6.45, 7) is 1.15. The fourth-order valence-electron chi connectivity index (χ4n) is 7.37. The molecular weight excluding hydrogens is 681 g/mol. The summed E-state index contributed by atoms with van der Waals surface area (Å²) < 4.78 is 0. The second-order valence-corrected chi connectivity index (χ2v) is 15.8. The normalized spacial score (nSPS) is 21.7. The minimum Gasteiger partial charge on any atom is -0.465 e. The molecule has 0 radical (unpaired) electrons. The molecule has 262 valence electrons. The lowest BCUT2D eigenvalue weighted by Crippen LogP contribution is -2.49. The van der Waals surface area contributed by atoms with E-state index >= 15 is 0 Å². The van der Waals surface area contributed by atoms with Gasteiger partial charge in [0, 0.05) is 22.8 Å². The summed E-state index contributed by atoms with van der Waals surface area (Å²) >= 11 is 3.29. The molecule has 14 nitrogen and oxygen atoms in total. The van der Waals surface area contributed by atoms with Crippen molar-refractivity contribution in [1.82, 2.24) is 40.4 Å². The van der Waals surface area contributed by atoms with Gasteiger partial charge in [-0.2, -0.15) is 0 Å². The van der Waals surface area contributed by atoms with Crippen LogP contribution in [0, 0.1) is 11.8 Å². The first kappa shape index (κ1) is 32.5. The molecule has 50 heavy (non-hydrogen) atoms. The summed E-state index contributed by atoms with van der Waals surface area (Å²) in [5, 5.41) is 23.5. The Morgan fingerprint density at radius 2 is 1.06 bits per heavy atom. The molecule has 4 fully saturated rings. The van der Waals surface area contributed by atoms with E-state index in [-0.39, 0.29) is 35.7 Å². The lowest BCUT2D eigenvalue weighted by Gasteiger charge is -2.27. The molecule has 16 heteroatoms. The summed E-state index contributed by atoms with van der Waals surface area (Å²) in [4.78, 5) is 73.5. The van der Waals surface area contributed by atoms with E-state index in [2.05, 4.69) is 54.8 Å². The highest BCUT2D eigenvalue weighted by molar-refractivity contribution is 7.25. The largest absolute Gasteiger partial charge is 0.465 e. The quantitative estimate of drug-likeness (QED) is 0.114. The molecule has 4 atom stereocenters. The van der Waals surface area contributed by atoms with Gasteiger partial charge in [-0.1, -0.05) is 0 Å². The number of amides is 4. The van der Waals surface area contributed by atoms with Crippen molar-refractivity contribution in [2.45, 2.75) is 75.5 Å². The van der Waals surface area contributed by atoms with Crippen LogP contribution in [0.25, 0.3) is 30.9 Å². The monoisotopic (exact) mass is 718 g/mol. The van der Waals surface area contributed by atoms with Crippen LogP contribution in [0.15, 0.2) is 36.7 Å². The number of imidazole rings is 2. The summed E-state index contributed by atoms with van der Waals surface area (Å²) in [5.41, 5.74) is 1.73. The van der Waals surface area contributed by atoms with Crippen molar-refractivity contribution < 1.29 is 29.4 Å². The first-order valence-electron chi connectivity index (χ1n) is 17.1. The molecule has 4 aromatic heterocycles. The van der Waals surface area contributed by atoms with Gasteiger partial charge >= 0.3 is 12.2 Å². The lowest BCUT2D eigenvalue weighted by molar-refractivity contribution is -0.135. The Labute approximate surface area is 295 Å². The molecule has 4 aromatic rings. The summed E-state index contributed by atoms with van der Waals surface area (Å²) in [5.74, 6) is 1.21. The standard InChI is InChI=1S/C34H38N8O6S2/c43-31(27(17-5-6-17)39-33(45)46)41-13-1-3-21(41)29-35-15-19(37-29)23-9-11-25(49-23)26-12-10-24(50-26)20-16-36-30(38-20)22-4-2-14-42(22)32(44)28(18-7-8-18)40-34(47)48/h9-12,15-18,21-22,27-28,39-40H,1-8,13-14H2,(H,35,37)(H,36,38)(H,45,46)(H,47,48)/t21-,22?,27-,28?/m0/s1. The maximum absolute atomic E-state index is 13.4. The van der Waals surface area contributed by atoms with Crippen molar-refractivity contribution in [3.8, 4) is 30.9 Å². The smallest absolute Gasteiger partial charge is 0.405 e. The van der Waals surface area contributed by atoms with E-state index in [0.29, 0.717) is 24.7 Å². The molecule has 4 aliphatic rings. The number of likely N-dealkylation sites (tertiary alicyclic amines) is 2. The number of carboxylic acid groups (broad SMARTS) is 2. The third-order valence-electron chi connectivity index (χ3n) is 10.2. The Balaban J connectivity index is 0.941. The number of carbonyl (C=O) groups excluding carboxylic acids is 2. The highest BCUT2D eigenvalue weighted by Gasteiger charge is 2.44. The van der Waals surface area contributed by atoms with Crippen LogP contribution in [-0.4, -0.2) is 89.1 Å². The molecule has 6 heterocycles. The molecule has 2 unspecified atom stereocenters. The van der Waals surface area contributed by atoms with Gasteiger partial charge in [-0.3, -0.25) is 9.59 Å². The van der Waals surface area contributed by atoms with Gasteiger partial charge in [-0.05, 0) is 87.5 Å². The number of thiophene rings is 2. The highest BCUT2D eigenvalue weighted by atomic mass is 32.1. The molecule has 6 N–H and O–H groups in total. The van der Waals surface area contributed by atoms with Gasteiger partial charge in [0.2, 0.25) is 11.8 Å². The van der Waals surface area contributed by atoms with E-state index in [1.54, 1.807) is 44.9 Å². The van der Waals surface area contributed by atoms with Crippen LogP contribution < -0.4 is 10.6 Å². The Kier molecular flexibility index (Phi) is 8.59. The zero-order chi connectivity index (χ0) is 34.5. The van der Waals surface area contributed by atoms with Crippen molar-refractivity contribution in [3.63, 3.8) is 0 Å². The number of aromatic amines is 2. The van der Waals surface area contributed by atoms with Crippen molar-refractivity contribution in [3.05, 3.63) is 48.3 Å². The number of hydrogen-bond donors (Lipinski definition) is 6. The number of nitrogens with zero attached hydrogens (tertiary/aromatic N) is 4. The molecule has 0 bridgehead atoms. The van der Waals surface area contributed by atoms with Crippen LogP contribution in [0.4, 0.5) is 9.59 Å². The van der Waals surface area contributed by atoms with Crippen LogP contribution in [0.5, 0.6) is 0 Å². The molecule has 2 saturated heterocycles. The Morgan fingerprint density at radius 1 is 0.660 bits per heavy atom. The molecule has 2 aliphatic carbocycles. The van der Waals surface area contributed by atoms with Crippen molar-refractivity contribution in [2.75, 3.05) is 13.1 Å². The molecule has 0 aromatic carbocycles. The second-order valence-electron chi connectivity index (χ2n) is 13.6. The van der Waals surface area contributed by atoms with Crippen LogP contribution in [0.1, 0.15) is 75.1 Å². The summed E-state index contributed by atoms with van der Waals surface area (Å²) in [6.07, 6.45) is 7.87. The number of nitrogens with one attached hydrogen (secondary N) is 4. The van der Waals surface area contributed by atoms with Crippen LogP contribution in [0.3, 0.4) is 0 Å².